The number of hydrogen-bond acceptors (Lipinski definition) is 4. The molecule has 0 bridgehead atoms. The van der Waals surface area contributed by atoms with Crippen LogP contribution in [-0.4, -0.2) is 30.8 Å². The first-order valence-corrected chi connectivity index (χ1v) is 5.61. The minimum Gasteiger partial charge on any atom is -0.495 e. The Balaban J connectivity index is 4.22. The van der Waals surface area contributed by atoms with Crippen molar-refractivity contribution < 1.29 is 24.2 Å². The van der Waals surface area contributed by atoms with Gasteiger partial charge in [0, 0.05) is 6.42 Å². The van der Waals surface area contributed by atoms with Crippen molar-refractivity contribution in [2.45, 2.75) is 33.1 Å². The molecule has 0 aromatic carbocycles. The van der Waals surface area contributed by atoms with E-state index in [2.05, 4.69) is 11.3 Å². The van der Waals surface area contributed by atoms with E-state index in [0.717, 1.165) is 0 Å². The number of ether oxygens (including phenoxy) is 2. The number of allylic oxidation sites excluding steroid dienone is 1. The Bertz CT molecular complexity index is 268. The number of rotatable bonds is 10. The third kappa shape index (κ3) is 4.89. The molecule has 1 N–H and O–H groups in total. The predicted octanol–water partition coefficient (Wildman–Crippen LogP) is 1.97. The van der Waals surface area contributed by atoms with Gasteiger partial charge < -0.3 is 14.6 Å². The minimum atomic E-state index is -0.837. The van der Waals surface area contributed by atoms with Crippen LogP contribution in [0.5, 0.6) is 0 Å². The van der Waals surface area contributed by atoms with Crippen LogP contribution in [0.25, 0.3) is 0 Å². The third-order valence-corrected chi connectivity index (χ3v) is 2.92. The van der Waals surface area contributed by atoms with Crippen molar-refractivity contribution >= 4 is 12.4 Å². The van der Waals surface area contributed by atoms with Crippen LogP contribution < -0.4 is 0 Å². The summed E-state index contributed by atoms with van der Waals surface area (Å²) in [6.45, 7) is 8.03. The molecular formula is C12H20O5. The second-order valence-corrected chi connectivity index (χ2v) is 3.82. The van der Waals surface area contributed by atoms with Gasteiger partial charge in [-0.3, -0.25) is 9.59 Å². The molecule has 0 saturated heterocycles. The van der Waals surface area contributed by atoms with Gasteiger partial charge in [0.05, 0.1) is 11.2 Å². The zero-order chi connectivity index (χ0) is 13.3. The molecule has 17 heavy (non-hydrogen) atoms. The Morgan fingerprint density at radius 3 is 2.35 bits per heavy atom. The SMILES string of the molecule is C=C(CC(CC)(CC)C(=O)O)OCCOC=O. The molecule has 0 radical (unpaired) electrons. The Morgan fingerprint density at radius 1 is 1.35 bits per heavy atom. The molecule has 0 heterocycles. The van der Waals surface area contributed by atoms with E-state index in [0.29, 0.717) is 25.1 Å². The van der Waals surface area contributed by atoms with E-state index >= 15 is 0 Å². The molecular weight excluding hydrogens is 224 g/mol. The average molecular weight is 244 g/mol. The van der Waals surface area contributed by atoms with Crippen LogP contribution in [0.2, 0.25) is 0 Å². The molecule has 5 nitrogen and oxygen atoms in total. The van der Waals surface area contributed by atoms with E-state index in [1.54, 1.807) is 0 Å². The van der Waals surface area contributed by atoms with E-state index in [1.807, 2.05) is 13.8 Å². The molecule has 0 aliphatic carbocycles. The van der Waals surface area contributed by atoms with Crippen molar-refractivity contribution in [3.05, 3.63) is 12.3 Å². The molecule has 0 aliphatic heterocycles. The molecule has 0 aromatic rings. The average Bonchev–Trinajstić information content (AvgIpc) is 2.31. The van der Waals surface area contributed by atoms with E-state index in [9.17, 15) is 14.7 Å². The fourth-order valence-electron chi connectivity index (χ4n) is 1.59. The summed E-state index contributed by atoms with van der Waals surface area (Å²) in [6.07, 6.45) is 1.31. The number of carboxylic acids is 1. The van der Waals surface area contributed by atoms with Crippen molar-refractivity contribution in [1.29, 1.82) is 0 Å². The van der Waals surface area contributed by atoms with Gasteiger partial charge in [0.2, 0.25) is 0 Å². The van der Waals surface area contributed by atoms with Gasteiger partial charge in [-0.05, 0) is 12.8 Å². The molecule has 0 amide bonds. The topological polar surface area (TPSA) is 72.8 Å². The molecule has 5 heteroatoms. The summed E-state index contributed by atoms with van der Waals surface area (Å²) >= 11 is 0. The zero-order valence-corrected chi connectivity index (χ0v) is 10.4. The van der Waals surface area contributed by atoms with Crippen LogP contribution in [0.1, 0.15) is 33.1 Å². The number of carboxylic acid groups (broad SMARTS) is 1. The maximum atomic E-state index is 11.2. The van der Waals surface area contributed by atoms with Crippen molar-refractivity contribution in [2.75, 3.05) is 13.2 Å². The lowest BCUT2D eigenvalue weighted by atomic mass is 9.79. The number of hydrogen-bond donors (Lipinski definition) is 1. The summed E-state index contributed by atoms with van der Waals surface area (Å²) in [5, 5.41) is 9.21. The van der Waals surface area contributed by atoms with E-state index in [4.69, 9.17) is 4.74 Å². The van der Waals surface area contributed by atoms with Gasteiger partial charge in [-0.15, -0.1) is 0 Å². The molecule has 98 valence electrons. The van der Waals surface area contributed by atoms with E-state index in [1.165, 1.54) is 0 Å². The number of carbonyl (C=O) groups is 2. The highest BCUT2D eigenvalue weighted by molar-refractivity contribution is 5.74. The van der Waals surface area contributed by atoms with Crippen molar-refractivity contribution in [2.24, 2.45) is 5.41 Å². The lowest BCUT2D eigenvalue weighted by Gasteiger charge is -2.27. The van der Waals surface area contributed by atoms with Crippen LogP contribution in [0.15, 0.2) is 12.3 Å². The predicted molar refractivity (Wildman–Crippen MR) is 62.4 cm³/mol. The van der Waals surface area contributed by atoms with Crippen molar-refractivity contribution in [3.8, 4) is 0 Å². The zero-order valence-electron chi connectivity index (χ0n) is 10.4. The second-order valence-electron chi connectivity index (χ2n) is 3.82. The lowest BCUT2D eigenvalue weighted by Crippen LogP contribution is -2.30. The Kier molecular flexibility index (Phi) is 7.02. The van der Waals surface area contributed by atoms with Gasteiger partial charge in [0.1, 0.15) is 13.2 Å². The smallest absolute Gasteiger partial charge is 0.310 e. The first-order chi connectivity index (χ1) is 8.02. The molecule has 0 spiro atoms. The molecule has 0 aromatic heterocycles. The van der Waals surface area contributed by atoms with Crippen molar-refractivity contribution in [1.82, 2.24) is 0 Å². The quantitative estimate of drug-likeness (QED) is 0.361. The van der Waals surface area contributed by atoms with Crippen LogP contribution in [0, 0.1) is 5.41 Å². The van der Waals surface area contributed by atoms with Crippen molar-refractivity contribution in [3.63, 3.8) is 0 Å². The molecule has 0 atom stereocenters. The van der Waals surface area contributed by atoms with Gasteiger partial charge in [0.15, 0.2) is 0 Å². The summed E-state index contributed by atoms with van der Waals surface area (Å²) in [6, 6.07) is 0. The summed E-state index contributed by atoms with van der Waals surface area (Å²) in [5.74, 6) is -0.429. The molecule has 0 fully saturated rings. The molecule has 0 aliphatic rings. The standard InChI is InChI=1S/C12H20O5/c1-4-12(5-2,11(14)15)8-10(3)17-7-6-16-9-13/h9H,3-8H2,1-2H3,(H,14,15). The Labute approximate surface area is 101 Å². The molecule has 0 rings (SSSR count). The summed E-state index contributed by atoms with van der Waals surface area (Å²) in [5.41, 5.74) is -0.817. The summed E-state index contributed by atoms with van der Waals surface area (Å²) in [7, 11) is 0. The summed E-state index contributed by atoms with van der Waals surface area (Å²) < 4.78 is 9.66. The first-order valence-electron chi connectivity index (χ1n) is 5.61. The van der Waals surface area contributed by atoms with E-state index < -0.39 is 11.4 Å². The van der Waals surface area contributed by atoms with Gasteiger partial charge in [-0.1, -0.05) is 20.4 Å². The van der Waals surface area contributed by atoms with Crippen LogP contribution >= 0.6 is 0 Å². The summed E-state index contributed by atoms with van der Waals surface area (Å²) in [4.78, 5) is 21.1. The Morgan fingerprint density at radius 2 is 1.94 bits per heavy atom. The van der Waals surface area contributed by atoms with Crippen LogP contribution in [0.4, 0.5) is 0 Å². The molecule has 0 unspecified atom stereocenters. The fourth-order valence-corrected chi connectivity index (χ4v) is 1.59. The maximum Gasteiger partial charge on any atom is 0.310 e. The maximum absolute atomic E-state index is 11.2. The highest BCUT2D eigenvalue weighted by Crippen LogP contribution is 2.33. The van der Waals surface area contributed by atoms with Gasteiger partial charge in [0.25, 0.3) is 6.47 Å². The lowest BCUT2D eigenvalue weighted by molar-refractivity contribution is -0.150. The second kappa shape index (κ2) is 7.70. The minimum absolute atomic E-state index is 0.140. The van der Waals surface area contributed by atoms with Crippen LogP contribution in [0.3, 0.4) is 0 Å². The monoisotopic (exact) mass is 244 g/mol. The molecule has 0 saturated carbocycles. The van der Waals surface area contributed by atoms with Gasteiger partial charge in [-0.2, -0.15) is 0 Å². The largest absolute Gasteiger partial charge is 0.495 e. The fraction of sp³-hybridized carbons (Fsp3) is 0.667. The van der Waals surface area contributed by atoms with Gasteiger partial charge in [-0.25, -0.2) is 0 Å². The highest BCUT2D eigenvalue weighted by atomic mass is 16.5. The Hall–Kier alpha value is -1.52. The number of carbonyl (C=O) groups excluding carboxylic acids is 1. The number of aliphatic carboxylic acids is 1. The van der Waals surface area contributed by atoms with Gasteiger partial charge >= 0.3 is 5.97 Å². The highest BCUT2D eigenvalue weighted by Gasteiger charge is 2.35. The van der Waals surface area contributed by atoms with Crippen LogP contribution in [-0.2, 0) is 19.1 Å². The third-order valence-electron chi connectivity index (χ3n) is 2.92. The van der Waals surface area contributed by atoms with E-state index in [-0.39, 0.29) is 19.6 Å². The first kappa shape index (κ1) is 15.5. The normalized spacial score (nSPS) is 10.7.